The van der Waals surface area contributed by atoms with E-state index >= 15 is 0 Å². The molecule has 0 heterocycles. The zero-order valence-electron chi connectivity index (χ0n) is 11.9. The van der Waals surface area contributed by atoms with Crippen molar-refractivity contribution >= 4 is 21.6 Å². The first-order chi connectivity index (χ1) is 9.19. The van der Waals surface area contributed by atoms with Gasteiger partial charge in [-0.15, -0.1) is 0 Å². The minimum absolute atomic E-state index is 0.00132. The van der Waals surface area contributed by atoms with Crippen molar-refractivity contribution in [1.29, 1.82) is 0 Å². The fourth-order valence-corrected chi connectivity index (χ4v) is 2.22. The van der Waals surface area contributed by atoms with Crippen LogP contribution in [0, 0.1) is 6.92 Å². The number of aryl methyl sites for hydroxylation is 1. The van der Waals surface area contributed by atoms with Crippen LogP contribution in [0.4, 0.5) is 5.69 Å². The van der Waals surface area contributed by atoms with E-state index in [2.05, 4.69) is 10.0 Å². The number of sulfonamides is 1. The number of carbonyl (C=O) groups excluding carboxylic acids is 1. The average molecular weight is 299 g/mol. The lowest BCUT2D eigenvalue weighted by molar-refractivity contribution is 0.0953. The van der Waals surface area contributed by atoms with Gasteiger partial charge in [-0.1, -0.05) is 11.6 Å². The molecule has 0 spiro atoms. The van der Waals surface area contributed by atoms with Crippen LogP contribution in [0.1, 0.15) is 29.3 Å². The van der Waals surface area contributed by atoms with Gasteiger partial charge in [0.15, 0.2) is 0 Å². The molecular weight excluding hydrogens is 278 g/mol. The fourth-order valence-electron chi connectivity index (χ4n) is 1.64. The Labute approximate surface area is 119 Å². The van der Waals surface area contributed by atoms with Crippen LogP contribution in [0.3, 0.4) is 0 Å². The second-order valence-electron chi connectivity index (χ2n) is 4.95. The van der Waals surface area contributed by atoms with Gasteiger partial charge < -0.3 is 11.1 Å². The predicted molar refractivity (Wildman–Crippen MR) is 80.2 cm³/mol. The van der Waals surface area contributed by atoms with Gasteiger partial charge >= 0.3 is 0 Å². The van der Waals surface area contributed by atoms with Gasteiger partial charge in [0.25, 0.3) is 5.91 Å². The smallest absolute Gasteiger partial charge is 0.253 e. The molecule has 1 rings (SSSR count). The van der Waals surface area contributed by atoms with Crippen LogP contribution in [0.15, 0.2) is 18.2 Å². The summed E-state index contributed by atoms with van der Waals surface area (Å²) in [5, 5.41) is 2.73. The first kappa shape index (κ1) is 16.5. The van der Waals surface area contributed by atoms with Crippen molar-refractivity contribution in [2.75, 3.05) is 17.5 Å². The Bertz CT molecular complexity index is 583. The molecule has 1 aromatic rings. The van der Waals surface area contributed by atoms with Crippen molar-refractivity contribution < 1.29 is 13.2 Å². The molecule has 1 atom stereocenters. The maximum absolute atomic E-state index is 12.1. The van der Waals surface area contributed by atoms with Crippen molar-refractivity contribution in [2.45, 2.75) is 26.3 Å². The third-order valence-corrected chi connectivity index (χ3v) is 3.19. The van der Waals surface area contributed by atoms with Crippen LogP contribution in [-0.4, -0.2) is 33.2 Å². The summed E-state index contributed by atoms with van der Waals surface area (Å²) < 4.78 is 25.0. The van der Waals surface area contributed by atoms with E-state index in [1.165, 1.54) is 0 Å². The molecule has 0 aliphatic carbocycles. The first-order valence-corrected chi connectivity index (χ1v) is 8.20. The van der Waals surface area contributed by atoms with Gasteiger partial charge in [-0.25, -0.2) is 8.42 Å². The lowest BCUT2D eigenvalue weighted by atomic mass is 10.1. The number of hydrogen-bond donors (Lipinski definition) is 3. The lowest BCUT2D eigenvalue weighted by Gasteiger charge is -2.12. The molecule has 0 fully saturated rings. The zero-order valence-corrected chi connectivity index (χ0v) is 12.8. The van der Waals surface area contributed by atoms with Gasteiger partial charge in [-0.2, -0.15) is 0 Å². The van der Waals surface area contributed by atoms with Crippen molar-refractivity contribution in [1.82, 2.24) is 5.32 Å². The highest BCUT2D eigenvalue weighted by Gasteiger charge is 2.14. The van der Waals surface area contributed by atoms with E-state index in [0.717, 1.165) is 11.8 Å². The second-order valence-corrected chi connectivity index (χ2v) is 6.69. The Morgan fingerprint density at radius 3 is 2.60 bits per heavy atom. The Morgan fingerprint density at radius 2 is 2.05 bits per heavy atom. The Balaban J connectivity index is 2.91. The third-order valence-electron chi connectivity index (χ3n) is 2.60. The molecule has 0 aliphatic rings. The van der Waals surface area contributed by atoms with Gasteiger partial charge in [-0.05, 0) is 32.4 Å². The van der Waals surface area contributed by atoms with Crippen LogP contribution in [0.25, 0.3) is 0 Å². The molecule has 0 bridgehead atoms. The summed E-state index contributed by atoms with van der Waals surface area (Å²) in [5.41, 5.74) is 7.07. The standard InChI is InChI=1S/C13H21N3O3S/c1-9-4-5-12(16-20(3,18)19)11(8-9)13(17)15-7-6-10(2)14/h4-5,8,10,16H,6-7,14H2,1-3H3,(H,15,17). The summed E-state index contributed by atoms with van der Waals surface area (Å²) in [5.74, 6) is -0.319. The lowest BCUT2D eigenvalue weighted by Crippen LogP contribution is -2.29. The highest BCUT2D eigenvalue weighted by molar-refractivity contribution is 7.92. The van der Waals surface area contributed by atoms with Crippen molar-refractivity contribution in [3.63, 3.8) is 0 Å². The number of benzene rings is 1. The molecule has 7 heteroatoms. The van der Waals surface area contributed by atoms with Gasteiger partial charge in [0.2, 0.25) is 10.0 Å². The topological polar surface area (TPSA) is 101 Å². The molecule has 0 saturated heterocycles. The minimum Gasteiger partial charge on any atom is -0.352 e. The average Bonchev–Trinajstić information content (AvgIpc) is 2.29. The number of nitrogens with one attached hydrogen (secondary N) is 2. The van der Waals surface area contributed by atoms with E-state index in [1.54, 1.807) is 18.2 Å². The molecule has 1 aromatic carbocycles. The maximum atomic E-state index is 12.1. The van der Waals surface area contributed by atoms with Crippen molar-refractivity contribution in [3.05, 3.63) is 29.3 Å². The quantitative estimate of drug-likeness (QED) is 0.724. The predicted octanol–water partition coefficient (Wildman–Crippen LogP) is 0.834. The summed E-state index contributed by atoms with van der Waals surface area (Å²) in [7, 11) is -3.43. The fraction of sp³-hybridized carbons (Fsp3) is 0.462. The summed E-state index contributed by atoms with van der Waals surface area (Å²) in [6, 6.07) is 4.97. The first-order valence-electron chi connectivity index (χ1n) is 6.31. The van der Waals surface area contributed by atoms with E-state index in [1.807, 2.05) is 13.8 Å². The number of anilines is 1. The normalized spacial score (nSPS) is 12.8. The number of hydrogen-bond acceptors (Lipinski definition) is 4. The SMILES string of the molecule is Cc1ccc(NS(C)(=O)=O)c(C(=O)NCCC(C)N)c1. The minimum atomic E-state index is -3.43. The highest BCUT2D eigenvalue weighted by Crippen LogP contribution is 2.18. The molecular formula is C13H21N3O3S. The Kier molecular flexibility index (Phi) is 5.52. The van der Waals surface area contributed by atoms with Crippen LogP contribution in [0.2, 0.25) is 0 Å². The number of amides is 1. The molecule has 0 saturated carbocycles. The summed E-state index contributed by atoms with van der Waals surface area (Å²) in [4.78, 5) is 12.1. The summed E-state index contributed by atoms with van der Waals surface area (Å²) >= 11 is 0. The monoisotopic (exact) mass is 299 g/mol. The van der Waals surface area contributed by atoms with E-state index < -0.39 is 10.0 Å². The van der Waals surface area contributed by atoms with Crippen LogP contribution in [0.5, 0.6) is 0 Å². The summed E-state index contributed by atoms with van der Waals surface area (Å²) in [6.45, 7) is 4.14. The van der Waals surface area contributed by atoms with E-state index in [0.29, 0.717) is 18.5 Å². The van der Waals surface area contributed by atoms with Crippen LogP contribution >= 0.6 is 0 Å². The highest BCUT2D eigenvalue weighted by atomic mass is 32.2. The molecule has 6 nitrogen and oxygen atoms in total. The molecule has 112 valence electrons. The van der Waals surface area contributed by atoms with Gasteiger partial charge in [0.05, 0.1) is 17.5 Å². The van der Waals surface area contributed by atoms with Crippen LogP contribution in [-0.2, 0) is 10.0 Å². The summed E-state index contributed by atoms with van der Waals surface area (Å²) in [6.07, 6.45) is 1.71. The van der Waals surface area contributed by atoms with Gasteiger partial charge in [-0.3, -0.25) is 9.52 Å². The zero-order chi connectivity index (χ0) is 15.3. The second kappa shape index (κ2) is 6.71. The number of nitrogens with two attached hydrogens (primary N) is 1. The Morgan fingerprint density at radius 1 is 1.40 bits per heavy atom. The molecule has 1 unspecified atom stereocenters. The molecule has 0 aromatic heterocycles. The Hall–Kier alpha value is -1.60. The van der Waals surface area contributed by atoms with Gasteiger partial charge in [0, 0.05) is 12.6 Å². The van der Waals surface area contributed by atoms with Crippen molar-refractivity contribution in [2.24, 2.45) is 5.73 Å². The van der Waals surface area contributed by atoms with E-state index in [4.69, 9.17) is 5.73 Å². The van der Waals surface area contributed by atoms with Crippen molar-refractivity contribution in [3.8, 4) is 0 Å². The van der Waals surface area contributed by atoms with E-state index in [-0.39, 0.29) is 17.6 Å². The molecule has 4 N–H and O–H groups in total. The number of carbonyl (C=O) groups is 1. The number of rotatable bonds is 6. The maximum Gasteiger partial charge on any atom is 0.253 e. The molecule has 0 aliphatic heterocycles. The molecule has 0 radical (unpaired) electrons. The molecule has 1 amide bonds. The molecule has 20 heavy (non-hydrogen) atoms. The largest absolute Gasteiger partial charge is 0.352 e. The van der Waals surface area contributed by atoms with Crippen LogP contribution < -0.4 is 15.8 Å². The third kappa shape index (κ3) is 5.58. The van der Waals surface area contributed by atoms with Gasteiger partial charge in [0.1, 0.15) is 0 Å². The van der Waals surface area contributed by atoms with E-state index in [9.17, 15) is 13.2 Å².